The first-order valence-electron chi connectivity index (χ1n) is 4.63. The first-order chi connectivity index (χ1) is 7.60. The maximum atomic E-state index is 11.3. The SMILES string of the molecule is CNC(=O)C(C)Nc1nccc(C#N)c1Cl. The lowest BCUT2D eigenvalue weighted by Crippen LogP contribution is -2.35. The zero-order valence-corrected chi connectivity index (χ0v) is 9.67. The fourth-order valence-corrected chi connectivity index (χ4v) is 1.33. The van der Waals surface area contributed by atoms with Crippen LogP contribution in [0.15, 0.2) is 12.3 Å². The number of anilines is 1. The van der Waals surface area contributed by atoms with Gasteiger partial charge >= 0.3 is 0 Å². The molecule has 1 aromatic heterocycles. The molecule has 1 amide bonds. The minimum atomic E-state index is -0.469. The molecule has 5 nitrogen and oxygen atoms in total. The Labute approximate surface area is 98.4 Å². The van der Waals surface area contributed by atoms with Crippen LogP contribution in [0, 0.1) is 11.3 Å². The molecule has 0 spiro atoms. The Morgan fingerprint density at radius 3 is 2.94 bits per heavy atom. The highest BCUT2D eigenvalue weighted by atomic mass is 35.5. The number of nitriles is 1. The average molecular weight is 239 g/mol. The summed E-state index contributed by atoms with van der Waals surface area (Å²) in [7, 11) is 1.54. The topological polar surface area (TPSA) is 77.8 Å². The van der Waals surface area contributed by atoms with Crippen molar-refractivity contribution in [2.45, 2.75) is 13.0 Å². The van der Waals surface area contributed by atoms with E-state index in [9.17, 15) is 4.79 Å². The second-order valence-corrected chi connectivity index (χ2v) is 3.49. The zero-order chi connectivity index (χ0) is 12.1. The molecule has 1 rings (SSSR count). The number of likely N-dealkylation sites (N-methyl/N-ethyl adjacent to an activating group) is 1. The lowest BCUT2D eigenvalue weighted by atomic mass is 10.2. The van der Waals surface area contributed by atoms with Crippen molar-refractivity contribution in [2.75, 3.05) is 12.4 Å². The molecule has 0 fully saturated rings. The van der Waals surface area contributed by atoms with Gasteiger partial charge in [-0.15, -0.1) is 0 Å². The van der Waals surface area contributed by atoms with Crippen LogP contribution in [0.5, 0.6) is 0 Å². The van der Waals surface area contributed by atoms with E-state index in [1.807, 2.05) is 6.07 Å². The summed E-state index contributed by atoms with van der Waals surface area (Å²) in [6.07, 6.45) is 1.46. The number of hydrogen-bond donors (Lipinski definition) is 2. The predicted octanol–water partition coefficient (Wildman–Crippen LogP) is 1.15. The molecule has 2 N–H and O–H groups in total. The summed E-state index contributed by atoms with van der Waals surface area (Å²) in [6, 6.07) is 2.98. The van der Waals surface area contributed by atoms with E-state index in [2.05, 4.69) is 15.6 Å². The largest absolute Gasteiger partial charge is 0.357 e. The molecule has 0 aromatic carbocycles. The van der Waals surface area contributed by atoms with E-state index < -0.39 is 6.04 Å². The van der Waals surface area contributed by atoms with Crippen LogP contribution in [0.3, 0.4) is 0 Å². The summed E-state index contributed by atoms with van der Waals surface area (Å²) in [5.41, 5.74) is 0.322. The Balaban J connectivity index is 2.90. The Hall–Kier alpha value is -1.80. The second-order valence-electron chi connectivity index (χ2n) is 3.11. The first-order valence-corrected chi connectivity index (χ1v) is 5.00. The van der Waals surface area contributed by atoms with Crippen molar-refractivity contribution in [3.05, 3.63) is 22.8 Å². The molecule has 0 aliphatic carbocycles. The maximum absolute atomic E-state index is 11.3. The molecular formula is C10H11ClN4O. The number of carbonyl (C=O) groups is 1. The third-order valence-corrected chi connectivity index (χ3v) is 2.39. The van der Waals surface area contributed by atoms with Crippen LogP contribution in [0.1, 0.15) is 12.5 Å². The molecule has 1 heterocycles. The molecule has 0 saturated heterocycles. The van der Waals surface area contributed by atoms with Crippen molar-refractivity contribution >= 4 is 23.3 Å². The van der Waals surface area contributed by atoms with Gasteiger partial charge in [0.1, 0.15) is 23.0 Å². The fourth-order valence-electron chi connectivity index (χ4n) is 1.12. The fraction of sp³-hybridized carbons (Fsp3) is 0.300. The zero-order valence-electron chi connectivity index (χ0n) is 8.91. The van der Waals surface area contributed by atoms with Crippen LogP contribution in [0.4, 0.5) is 5.82 Å². The Morgan fingerprint density at radius 2 is 2.38 bits per heavy atom. The highest BCUT2D eigenvalue weighted by Crippen LogP contribution is 2.23. The van der Waals surface area contributed by atoms with Crippen LogP contribution in [-0.2, 0) is 4.79 Å². The number of aromatic nitrogens is 1. The van der Waals surface area contributed by atoms with Crippen molar-refractivity contribution in [1.29, 1.82) is 5.26 Å². The van der Waals surface area contributed by atoms with Crippen LogP contribution >= 0.6 is 11.6 Å². The summed E-state index contributed by atoms with van der Waals surface area (Å²) in [6.45, 7) is 1.68. The number of rotatable bonds is 3. The van der Waals surface area contributed by atoms with Gasteiger partial charge in [0.15, 0.2) is 0 Å². The number of pyridine rings is 1. The Kier molecular flexibility index (Phi) is 4.09. The van der Waals surface area contributed by atoms with Gasteiger partial charge in [0.05, 0.1) is 5.56 Å². The molecule has 16 heavy (non-hydrogen) atoms. The summed E-state index contributed by atoms with van der Waals surface area (Å²) in [5, 5.41) is 14.3. The minimum Gasteiger partial charge on any atom is -0.357 e. The van der Waals surface area contributed by atoms with Gasteiger partial charge in [-0.25, -0.2) is 4.98 Å². The summed E-state index contributed by atoms with van der Waals surface area (Å²) in [5.74, 6) is 0.150. The van der Waals surface area contributed by atoms with Gasteiger partial charge in [-0.2, -0.15) is 5.26 Å². The highest BCUT2D eigenvalue weighted by Gasteiger charge is 2.14. The van der Waals surface area contributed by atoms with E-state index in [4.69, 9.17) is 16.9 Å². The van der Waals surface area contributed by atoms with Gasteiger partial charge in [0.2, 0.25) is 5.91 Å². The monoisotopic (exact) mass is 238 g/mol. The molecule has 0 aliphatic rings. The van der Waals surface area contributed by atoms with Crippen LogP contribution in [0.2, 0.25) is 5.02 Å². The number of hydrogen-bond acceptors (Lipinski definition) is 4. The number of carbonyl (C=O) groups excluding carboxylic acids is 1. The van der Waals surface area contributed by atoms with E-state index in [0.29, 0.717) is 11.4 Å². The van der Waals surface area contributed by atoms with Crippen molar-refractivity contribution in [1.82, 2.24) is 10.3 Å². The first kappa shape index (κ1) is 12.3. The lowest BCUT2D eigenvalue weighted by Gasteiger charge is -2.13. The summed E-state index contributed by atoms with van der Waals surface area (Å²) in [4.78, 5) is 15.2. The van der Waals surface area contributed by atoms with Crippen molar-refractivity contribution in [3.8, 4) is 6.07 Å². The quantitative estimate of drug-likeness (QED) is 0.828. The van der Waals surface area contributed by atoms with Crippen LogP contribution < -0.4 is 10.6 Å². The normalized spacial score (nSPS) is 11.4. The van der Waals surface area contributed by atoms with Crippen LogP contribution in [-0.4, -0.2) is 24.0 Å². The molecule has 1 unspecified atom stereocenters. The van der Waals surface area contributed by atoms with Gasteiger partial charge in [0.25, 0.3) is 0 Å². The van der Waals surface area contributed by atoms with E-state index >= 15 is 0 Å². The van der Waals surface area contributed by atoms with Crippen molar-refractivity contribution in [2.24, 2.45) is 0 Å². The van der Waals surface area contributed by atoms with Gasteiger partial charge in [-0.1, -0.05) is 11.6 Å². The van der Waals surface area contributed by atoms with Crippen molar-refractivity contribution < 1.29 is 4.79 Å². The highest BCUT2D eigenvalue weighted by molar-refractivity contribution is 6.34. The number of halogens is 1. The molecule has 84 valence electrons. The molecule has 0 radical (unpaired) electrons. The van der Waals surface area contributed by atoms with Gasteiger partial charge in [-0.05, 0) is 13.0 Å². The third-order valence-electron chi connectivity index (χ3n) is 2.00. The minimum absolute atomic E-state index is 0.180. The summed E-state index contributed by atoms with van der Waals surface area (Å²) >= 11 is 5.92. The van der Waals surface area contributed by atoms with E-state index in [0.717, 1.165) is 0 Å². The van der Waals surface area contributed by atoms with Gasteiger partial charge < -0.3 is 10.6 Å². The lowest BCUT2D eigenvalue weighted by molar-refractivity contribution is -0.121. The third kappa shape index (κ3) is 2.61. The Morgan fingerprint density at radius 1 is 1.69 bits per heavy atom. The predicted molar refractivity (Wildman–Crippen MR) is 61.1 cm³/mol. The summed E-state index contributed by atoms with van der Waals surface area (Å²) < 4.78 is 0. The number of nitrogens with one attached hydrogen (secondary N) is 2. The second kappa shape index (κ2) is 5.33. The van der Waals surface area contributed by atoms with E-state index in [-0.39, 0.29) is 10.9 Å². The maximum Gasteiger partial charge on any atom is 0.241 e. The molecule has 1 atom stereocenters. The van der Waals surface area contributed by atoms with Gasteiger partial charge in [0, 0.05) is 13.2 Å². The molecular weight excluding hydrogens is 228 g/mol. The van der Waals surface area contributed by atoms with E-state index in [1.165, 1.54) is 12.3 Å². The molecule has 1 aromatic rings. The molecule has 0 saturated carbocycles. The average Bonchev–Trinajstić information content (AvgIpc) is 2.30. The number of amides is 1. The molecule has 0 aliphatic heterocycles. The number of nitrogens with zero attached hydrogens (tertiary/aromatic N) is 2. The van der Waals surface area contributed by atoms with Crippen molar-refractivity contribution in [3.63, 3.8) is 0 Å². The van der Waals surface area contributed by atoms with Gasteiger partial charge in [-0.3, -0.25) is 4.79 Å². The molecule has 0 bridgehead atoms. The standard InChI is InChI=1S/C10H11ClN4O/c1-6(10(16)13-2)15-9-8(11)7(5-12)3-4-14-9/h3-4,6H,1-2H3,(H,13,16)(H,14,15). The van der Waals surface area contributed by atoms with E-state index in [1.54, 1.807) is 14.0 Å². The smallest absolute Gasteiger partial charge is 0.241 e. The molecule has 6 heteroatoms. The van der Waals surface area contributed by atoms with Crippen LogP contribution in [0.25, 0.3) is 0 Å². The Bertz CT molecular complexity index is 441.